The van der Waals surface area contributed by atoms with E-state index in [-0.39, 0.29) is 23.8 Å². The molecule has 0 atom stereocenters. The van der Waals surface area contributed by atoms with Crippen LogP contribution in [-0.2, 0) is 0 Å². The van der Waals surface area contributed by atoms with Crippen molar-refractivity contribution in [2.45, 2.75) is 52.0 Å². The summed E-state index contributed by atoms with van der Waals surface area (Å²) in [5, 5.41) is 0. The van der Waals surface area contributed by atoms with Crippen LogP contribution in [0.1, 0.15) is 77.0 Å². The van der Waals surface area contributed by atoms with E-state index in [2.05, 4.69) is 18.7 Å². The molecule has 6 heteroatoms. The fourth-order valence-electron chi connectivity index (χ4n) is 4.90. The Hall–Kier alpha value is -2.21. The number of hydrogen-bond donors (Lipinski definition) is 0. The van der Waals surface area contributed by atoms with E-state index in [4.69, 9.17) is 0 Å². The summed E-state index contributed by atoms with van der Waals surface area (Å²) >= 11 is 0. The van der Waals surface area contributed by atoms with E-state index in [0.29, 0.717) is 35.7 Å². The highest BCUT2D eigenvalue weighted by atomic mass is 16.2. The minimum atomic E-state index is -0.228. The van der Waals surface area contributed by atoms with E-state index in [9.17, 15) is 14.4 Å². The van der Waals surface area contributed by atoms with Gasteiger partial charge in [-0.25, -0.2) is 0 Å². The van der Waals surface area contributed by atoms with E-state index < -0.39 is 0 Å². The van der Waals surface area contributed by atoms with Crippen molar-refractivity contribution in [2.24, 2.45) is 5.92 Å². The van der Waals surface area contributed by atoms with Gasteiger partial charge in [-0.2, -0.15) is 0 Å². The van der Waals surface area contributed by atoms with Crippen molar-refractivity contribution in [1.82, 2.24) is 14.7 Å². The molecule has 2 fully saturated rings. The molecular formula is C23H31N3O3. The average Bonchev–Trinajstić information content (AvgIpc) is 2.98. The number of piperazine rings is 1. The Morgan fingerprint density at radius 2 is 1.62 bits per heavy atom. The molecule has 1 saturated carbocycles. The molecule has 29 heavy (non-hydrogen) atoms. The summed E-state index contributed by atoms with van der Waals surface area (Å²) in [6.07, 6.45) is 5.06. The molecule has 1 aliphatic carbocycles. The molecule has 2 aliphatic heterocycles. The molecule has 1 saturated heterocycles. The normalized spacial score (nSPS) is 21.2. The smallest absolute Gasteiger partial charge is 0.261 e. The number of imide groups is 1. The molecule has 3 amide bonds. The molecule has 4 rings (SSSR count). The zero-order chi connectivity index (χ0) is 20.5. The monoisotopic (exact) mass is 397 g/mol. The lowest BCUT2D eigenvalue weighted by Crippen LogP contribution is -2.49. The molecule has 0 bridgehead atoms. The van der Waals surface area contributed by atoms with Crippen LogP contribution in [-0.4, -0.2) is 71.2 Å². The predicted molar refractivity (Wildman–Crippen MR) is 111 cm³/mol. The summed E-state index contributed by atoms with van der Waals surface area (Å²) < 4.78 is 0. The fraction of sp³-hybridized carbons (Fsp3) is 0.609. The molecule has 1 aromatic carbocycles. The molecule has 156 valence electrons. The number of benzene rings is 1. The second-order valence-corrected chi connectivity index (χ2v) is 9.02. The van der Waals surface area contributed by atoms with Gasteiger partial charge in [0, 0.05) is 44.3 Å². The van der Waals surface area contributed by atoms with E-state index in [1.54, 1.807) is 18.2 Å². The predicted octanol–water partition coefficient (Wildman–Crippen LogP) is 3.03. The maximum atomic E-state index is 13.0. The molecule has 0 spiro atoms. The van der Waals surface area contributed by atoms with Crippen LogP contribution in [0.2, 0.25) is 0 Å². The van der Waals surface area contributed by atoms with Crippen LogP contribution in [0, 0.1) is 5.92 Å². The van der Waals surface area contributed by atoms with Crippen LogP contribution in [0.25, 0.3) is 0 Å². The third-order valence-corrected chi connectivity index (χ3v) is 6.39. The average molecular weight is 398 g/mol. The Balaban J connectivity index is 1.47. The standard InChI is InChI=1S/C23H31N3O3/c1-16(2)15-24-10-12-25(13-11-24)21(27)17-8-9-19-20(14-17)23(29)26(22(19)28)18-6-4-3-5-7-18/h8-9,14,16,18H,3-7,10-13,15H2,1-2H3. The summed E-state index contributed by atoms with van der Waals surface area (Å²) in [7, 11) is 0. The molecule has 1 aromatic rings. The van der Waals surface area contributed by atoms with E-state index in [0.717, 1.165) is 45.3 Å². The van der Waals surface area contributed by atoms with E-state index in [1.165, 1.54) is 11.3 Å². The van der Waals surface area contributed by atoms with Gasteiger partial charge >= 0.3 is 0 Å². The second kappa shape index (κ2) is 8.27. The van der Waals surface area contributed by atoms with Gasteiger partial charge in [0.1, 0.15) is 0 Å². The van der Waals surface area contributed by atoms with Crippen molar-refractivity contribution in [3.8, 4) is 0 Å². The molecule has 0 aromatic heterocycles. The van der Waals surface area contributed by atoms with Crippen LogP contribution in [0.15, 0.2) is 18.2 Å². The Labute approximate surface area is 172 Å². The number of carbonyl (C=O) groups excluding carboxylic acids is 3. The summed E-state index contributed by atoms with van der Waals surface area (Å²) in [6.45, 7) is 8.61. The number of amides is 3. The highest BCUT2D eigenvalue weighted by Crippen LogP contribution is 2.31. The fourth-order valence-corrected chi connectivity index (χ4v) is 4.90. The third kappa shape index (κ3) is 3.95. The lowest BCUT2D eigenvalue weighted by atomic mass is 9.94. The van der Waals surface area contributed by atoms with Crippen molar-refractivity contribution in [2.75, 3.05) is 32.7 Å². The number of rotatable bonds is 4. The van der Waals surface area contributed by atoms with Crippen LogP contribution < -0.4 is 0 Å². The first-order valence-corrected chi connectivity index (χ1v) is 11.0. The number of carbonyl (C=O) groups is 3. The zero-order valence-corrected chi connectivity index (χ0v) is 17.5. The van der Waals surface area contributed by atoms with Crippen molar-refractivity contribution in [3.63, 3.8) is 0 Å². The van der Waals surface area contributed by atoms with Crippen molar-refractivity contribution < 1.29 is 14.4 Å². The Kier molecular flexibility index (Phi) is 5.72. The second-order valence-electron chi connectivity index (χ2n) is 9.02. The Morgan fingerprint density at radius 1 is 0.966 bits per heavy atom. The van der Waals surface area contributed by atoms with E-state index >= 15 is 0 Å². The van der Waals surface area contributed by atoms with Gasteiger partial charge in [0.15, 0.2) is 0 Å². The highest BCUT2D eigenvalue weighted by Gasteiger charge is 2.40. The molecule has 0 radical (unpaired) electrons. The minimum absolute atomic E-state index is 0.00402. The van der Waals surface area contributed by atoms with Crippen LogP contribution in [0.3, 0.4) is 0 Å². The lowest BCUT2D eigenvalue weighted by molar-refractivity contribution is 0.0548. The van der Waals surface area contributed by atoms with Gasteiger partial charge in [-0.15, -0.1) is 0 Å². The molecule has 0 N–H and O–H groups in total. The molecular weight excluding hydrogens is 366 g/mol. The lowest BCUT2D eigenvalue weighted by Gasteiger charge is -2.35. The van der Waals surface area contributed by atoms with Gasteiger partial charge in [0.05, 0.1) is 11.1 Å². The summed E-state index contributed by atoms with van der Waals surface area (Å²) in [4.78, 5) is 44.5. The SMILES string of the molecule is CC(C)CN1CCN(C(=O)c2ccc3c(c2)C(=O)N(C2CCCCC2)C3=O)CC1. The van der Waals surface area contributed by atoms with Crippen LogP contribution in [0.4, 0.5) is 0 Å². The maximum absolute atomic E-state index is 13.0. The summed E-state index contributed by atoms with van der Waals surface area (Å²) in [6, 6.07) is 5.02. The van der Waals surface area contributed by atoms with Crippen molar-refractivity contribution in [1.29, 1.82) is 0 Å². The third-order valence-electron chi connectivity index (χ3n) is 6.39. The van der Waals surface area contributed by atoms with Crippen molar-refractivity contribution in [3.05, 3.63) is 34.9 Å². The maximum Gasteiger partial charge on any atom is 0.261 e. The largest absolute Gasteiger partial charge is 0.336 e. The Bertz CT molecular complexity index is 806. The summed E-state index contributed by atoms with van der Waals surface area (Å²) in [5.74, 6) is 0.143. The first kappa shape index (κ1) is 20.1. The Morgan fingerprint density at radius 3 is 2.28 bits per heavy atom. The van der Waals surface area contributed by atoms with Gasteiger partial charge in [-0.05, 0) is 37.0 Å². The van der Waals surface area contributed by atoms with Gasteiger partial charge in [0.2, 0.25) is 0 Å². The quantitative estimate of drug-likeness (QED) is 0.733. The number of fused-ring (bicyclic) bond motifs is 1. The topological polar surface area (TPSA) is 60.9 Å². The summed E-state index contributed by atoms with van der Waals surface area (Å²) in [5.41, 5.74) is 1.34. The van der Waals surface area contributed by atoms with Gasteiger partial charge in [-0.1, -0.05) is 33.1 Å². The number of nitrogens with zero attached hydrogens (tertiary/aromatic N) is 3. The van der Waals surface area contributed by atoms with Crippen LogP contribution in [0.5, 0.6) is 0 Å². The van der Waals surface area contributed by atoms with Gasteiger partial charge < -0.3 is 4.90 Å². The zero-order valence-electron chi connectivity index (χ0n) is 17.5. The minimum Gasteiger partial charge on any atom is -0.336 e. The van der Waals surface area contributed by atoms with Gasteiger partial charge in [0.25, 0.3) is 17.7 Å². The van der Waals surface area contributed by atoms with Crippen molar-refractivity contribution >= 4 is 17.7 Å². The van der Waals surface area contributed by atoms with E-state index in [1.807, 2.05) is 4.90 Å². The molecule has 2 heterocycles. The number of hydrogen-bond acceptors (Lipinski definition) is 4. The van der Waals surface area contributed by atoms with Crippen LogP contribution >= 0.6 is 0 Å². The molecule has 0 unspecified atom stereocenters. The molecule has 3 aliphatic rings. The van der Waals surface area contributed by atoms with Gasteiger partial charge in [-0.3, -0.25) is 24.2 Å². The highest BCUT2D eigenvalue weighted by molar-refractivity contribution is 6.22. The molecule has 6 nitrogen and oxygen atoms in total. The first-order valence-electron chi connectivity index (χ1n) is 11.0. The first-order chi connectivity index (χ1) is 14.0.